The van der Waals surface area contributed by atoms with Gasteiger partial charge in [-0.2, -0.15) is 0 Å². The van der Waals surface area contributed by atoms with Crippen LogP contribution in [0.15, 0.2) is 60.7 Å². The van der Waals surface area contributed by atoms with Crippen molar-refractivity contribution in [2.75, 3.05) is 0 Å². The van der Waals surface area contributed by atoms with Crippen LogP contribution in [-0.4, -0.2) is 29.0 Å². The van der Waals surface area contributed by atoms with Gasteiger partial charge in [0.2, 0.25) is 0 Å². The van der Waals surface area contributed by atoms with Gasteiger partial charge < -0.3 is 15.2 Å². The summed E-state index contributed by atoms with van der Waals surface area (Å²) in [5.41, 5.74) is 2.08. The molecular formula is C20H19NO5. The molecule has 0 radical (unpaired) electrons. The lowest BCUT2D eigenvalue weighted by Crippen LogP contribution is -2.39. The monoisotopic (exact) mass is 353 g/mol. The number of carboxylic acid groups (broad SMARTS) is 1. The topological polar surface area (TPSA) is 92.7 Å². The maximum absolute atomic E-state index is 11.8. The van der Waals surface area contributed by atoms with E-state index in [4.69, 9.17) is 4.74 Å². The predicted molar refractivity (Wildman–Crippen MR) is 96.7 cm³/mol. The zero-order chi connectivity index (χ0) is 18.9. The Bertz CT molecular complexity index is 797. The van der Waals surface area contributed by atoms with Gasteiger partial charge in [0.1, 0.15) is 12.6 Å². The van der Waals surface area contributed by atoms with Gasteiger partial charge in [-0.05, 0) is 18.1 Å². The Morgan fingerprint density at radius 1 is 1.08 bits per heavy atom. The number of alkyl carbamates (subject to hydrolysis) is 1. The summed E-state index contributed by atoms with van der Waals surface area (Å²) in [5.74, 6) is -1.26. The number of carbonyl (C=O) groups excluding carboxylic acids is 2. The van der Waals surface area contributed by atoms with Crippen molar-refractivity contribution in [1.29, 1.82) is 0 Å². The Morgan fingerprint density at radius 3 is 2.31 bits per heavy atom. The van der Waals surface area contributed by atoms with Crippen LogP contribution >= 0.6 is 0 Å². The molecule has 0 spiro atoms. The zero-order valence-corrected chi connectivity index (χ0v) is 14.2. The summed E-state index contributed by atoms with van der Waals surface area (Å²) in [6.45, 7) is 1.52. The van der Waals surface area contributed by atoms with Gasteiger partial charge in [0.05, 0.1) is 0 Å². The number of rotatable bonds is 7. The lowest BCUT2D eigenvalue weighted by molar-refractivity contribution is -0.138. The van der Waals surface area contributed by atoms with Gasteiger partial charge >= 0.3 is 12.1 Å². The SMILES string of the molecule is CC(=O)c1ccc(/C=C/[C@H](NC(=O)OCc2ccccc2)C(=O)O)cc1. The minimum Gasteiger partial charge on any atom is -0.479 e. The Balaban J connectivity index is 1.94. The van der Waals surface area contributed by atoms with Crippen LogP contribution in [0.3, 0.4) is 0 Å². The molecule has 0 fully saturated rings. The molecular weight excluding hydrogens is 334 g/mol. The molecule has 2 aromatic rings. The third-order valence-electron chi connectivity index (χ3n) is 3.55. The fraction of sp³-hybridized carbons (Fsp3) is 0.150. The van der Waals surface area contributed by atoms with Crippen molar-refractivity contribution in [3.63, 3.8) is 0 Å². The maximum atomic E-state index is 11.8. The van der Waals surface area contributed by atoms with Crippen LogP contribution in [0, 0.1) is 0 Å². The number of amides is 1. The molecule has 0 aromatic heterocycles. The van der Waals surface area contributed by atoms with Crippen LogP contribution < -0.4 is 5.32 Å². The average molecular weight is 353 g/mol. The van der Waals surface area contributed by atoms with E-state index in [2.05, 4.69) is 5.32 Å². The molecule has 6 heteroatoms. The third kappa shape index (κ3) is 5.90. The summed E-state index contributed by atoms with van der Waals surface area (Å²) in [5, 5.41) is 11.5. The van der Waals surface area contributed by atoms with E-state index in [0.29, 0.717) is 11.1 Å². The van der Waals surface area contributed by atoms with Crippen molar-refractivity contribution in [3.05, 3.63) is 77.4 Å². The Morgan fingerprint density at radius 2 is 1.73 bits per heavy atom. The van der Waals surface area contributed by atoms with Crippen molar-refractivity contribution in [3.8, 4) is 0 Å². The third-order valence-corrected chi connectivity index (χ3v) is 3.55. The predicted octanol–water partition coefficient (Wildman–Crippen LogP) is 3.28. The number of benzene rings is 2. The van der Waals surface area contributed by atoms with Crippen LogP contribution in [0.2, 0.25) is 0 Å². The molecule has 2 aromatic carbocycles. The lowest BCUT2D eigenvalue weighted by atomic mass is 10.1. The number of hydrogen-bond acceptors (Lipinski definition) is 4. The first-order valence-corrected chi connectivity index (χ1v) is 7.95. The number of Topliss-reactive ketones (excluding diaryl/α,β-unsaturated/α-hetero) is 1. The summed E-state index contributed by atoms with van der Waals surface area (Å²) in [6.07, 6.45) is 2.08. The van der Waals surface area contributed by atoms with E-state index >= 15 is 0 Å². The molecule has 0 unspecified atom stereocenters. The number of aliphatic carboxylic acids is 1. The van der Waals surface area contributed by atoms with Crippen molar-refractivity contribution in [2.45, 2.75) is 19.6 Å². The fourth-order valence-electron chi connectivity index (χ4n) is 2.12. The molecule has 26 heavy (non-hydrogen) atoms. The number of carboxylic acids is 1. The summed E-state index contributed by atoms with van der Waals surface area (Å²) >= 11 is 0. The van der Waals surface area contributed by atoms with Gasteiger partial charge in [0, 0.05) is 5.56 Å². The van der Waals surface area contributed by atoms with Crippen LogP contribution in [0.4, 0.5) is 4.79 Å². The van der Waals surface area contributed by atoms with E-state index in [1.54, 1.807) is 42.5 Å². The van der Waals surface area contributed by atoms with Gasteiger partial charge in [0.25, 0.3) is 0 Å². The fourth-order valence-corrected chi connectivity index (χ4v) is 2.12. The maximum Gasteiger partial charge on any atom is 0.408 e. The molecule has 134 valence electrons. The highest BCUT2D eigenvalue weighted by Gasteiger charge is 2.17. The number of ether oxygens (including phenoxy) is 1. The zero-order valence-electron chi connectivity index (χ0n) is 14.2. The Kier molecular flexibility index (Phi) is 6.68. The highest BCUT2D eigenvalue weighted by molar-refractivity contribution is 5.94. The molecule has 1 atom stereocenters. The van der Waals surface area contributed by atoms with Crippen molar-refractivity contribution >= 4 is 23.9 Å². The number of nitrogens with one attached hydrogen (secondary N) is 1. The lowest BCUT2D eigenvalue weighted by Gasteiger charge is -2.11. The molecule has 6 nitrogen and oxygen atoms in total. The largest absolute Gasteiger partial charge is 0.479 e. The van der Waals surface area contributed by atoms with Gasteiger partial charge in [-0.25, -0.2) is 9.59 Å². The second-order valence-electron chi connectivity index (χ2n) is 5.56. The van der Waals surface area contributed by atoms with E-state index in [-0.39, 0.29) is 12.4 Å². The molecule has 0 bridgehead atoms. The first-order chi connectivity index (χ1) is 12.5. The Labute approximate surface area is 151 Å². The average Bonchev–Trinajstić information content (AvgIpc) is 2.64. The molecule has 0 aliphatic rings. The second kappa shape index (κ2) is 9.17. The molecule has 2 N–H and O–H groups in total. The smallest absolute Gasteiger partial charge is 0.408 e. The van der Waals surface area contributed by atoms with Crippen LogP contribution in [-0.2, 0) is 16.1 Å². The first kappa shape index (κ1) is 18.9. The molecule has 0 aliphatic heterocycles. The van der Waals surface area contributed by atoms with Crippen molar-refractivity contribution < 1.29 is 24.2 Å². The van der Waals surface area contributed by atoms with Gasteiger partial charge in [-0.1, -0.05) is 66.7 Å². The minimum atomic E-state index is -1.23. The summed E-state index contributed by atoms with van der Waals surface area (Å²) in [6, 6.07) is 14.5. The van der Waals surface area contributed by atoms with Crippen molar-refractivity contribution in [1.82, 2.24) is 5.32 Å². The van der Waals surface area contributed by atoms with Crippen LogP contribution in [0.5, 0.6) is 0 Å². The normalized spacial score (nSPS) is 11.7. The van der Waals surface area contributed by atoms with E-state index in [1.807, 2.05) is 18.2 Å². The standard InChI is InChI=1S/C20H19NO5/c1-14(22)17-10-7-15(8-11-17)9-12-18(19(23)24)21-20(25)26-13-16-5-3-2-4-6-16/h2-12,18H,13H2,1H3,(H,21,25)(H,23,24)/b12-9+/t18-/m0/s1. The molecule has 0 aliphatic carbocycles. The molecule has 0 heterocycles. The summed E-state index contributed by atoms with van der Waals surface area (Å²) in [4.78, 5) is 34.3. The second-order valence-corrected chi connectivity index (χ2v) is 5.56. The minimum absolute atomic E-state index is 0.0493. The van der Waals surface area contributed by atoms with Gasteiger partial charge in [0.15, 0.2) is 5.78 Å². The van der Waals surface area contributed by atoms with Crippen molar-refractivity contribution in [2.24, 2.45) is 0 Å². The highest BCUT2D eigenvalue weighted by atomic mass is 16.5. The molecule has 1 amide bonds. The van der Waals surface area contributed by atoms with Gasteiger partial charge in [-0.15, -0.1) is 0 Å². The first-order valence-electron chi connectivity index (χ1n) is 7.95. The van der Waals surface area contributed by atoms with E-state index in [9.17, 15) is 19.5 Å². The molecule has 2 rings (SSSR count). The highest BCUT2D eigenvalue weighted by Crippen LogP contribution is 2.08. The quantitative estimate of drug-likeness (QED) is 0.745. The number of hydrogen-bond donors (Lipinski definition) is 2. The summed E-state index contributed by atoms with van der Waals surface area (Å²) < 4.78 is 5.02. The van der Waals surface area contributed by atoms with Crippen LogP contribution in [0.25, 0.3) is 6.08 Å². The number of carbonyl (C=O) groups is 3. The van der Waals surface area contributed by atoms with E-state index < -0.39 is 18.1 Å². The van der Waals surface area contributed by atoms with Crippen LogP contribution in [0.1, 0.15) is 28.4 Å². The summed E-state index contributed by atoms with van der Waals surface area (Å²) in [7, 11) is 0. The number of ketones is 1. The molecule has 0 saturated heterocycles. The van der Waals surface area contributed by atoms with E-state index in [1.165, 1.54) is 13.0 Å². The van der Waals surface area contributed by atoms with E-state index in [0.717, 1.165) is 5.56 Å². The Hall–Kier alpha value is -3.41. The van der Waals surface area contributed by atoms with Gasteiger partial charge in [-0.3, -0.25) is 4.79 Å². The molecule has 0 saturated carbocycles.